The summed E-state index contributed by atoms with van der Waals surface area (Å²) in [6.45, 7) is 9.85. The molecular formula is C28H31N7O2. The van der Waals surface area contributed by atoms with Crippen LogP contribution in [-0.4, -0.2) is 35.1 Å². The molecular weight excluding hydrogens is 466 g/mol. The molecule has 5 aromatic rings. The number of H-pyrrole nitrogens is 1. The first-order valence-corrected chi connectivity index (χ1v) is 12.4. The van der Waals surface area contributed by atoms with Gasteiger partial charge in [-0.2, -0.15) is 0 Å². The summed E-state index contributed by atoms with van der Waals surface area (Å²) in [5.41, 5.74) is 4.83. The van der Waals surface area contributed by atoms with E-state index in [1.807, 2.05) is 42.6 Å². The van der Waals surface area contributed by atoms with Crippen molar-refractivity contribution >= 4 is 10.9 Å². The fourth-order valence-electron chi connectivity index (χ4n) is 4.81. The van der Waals surface area contributed by atoms with Crippen LogP contribution in [0.2, 0.25) is 0 Å². The number of hydrogen-bond acceptors (Lipinski definition) is 7. The first-order valence-electron chi connectivity index (χ1n) is 12.4. The maximum absolute atomic E-state index is 13.2. The van der Waals surface area contributed by atoms with Crippen LogP contribution in [-0.2, 0) is 19.6 Å². The van der Waals surface area contributed by atoms with E-state index in [2.05, 4.69) is 64.2 Å². The number of nitrogens with zero attached hydrogens (tertiary/aromatic N) is 6. The average molecular weight is 498 g/mol. The number of tetrazole rings is 1. The molecule has 5 rings (SSSR count). The molecule has 0 amide bonds. The van der Waals surface area contributed by atoms with Crippen LogP contribution in [0.5, 0.6) is 0 Å². The molecule has 0 saturated carbocycles. The summed E-state index contributed by atoms with van der Waals surface area (Å²) < 4.78 is 7.32. The van der Waals surface area contributed by atoms with Crippen LogP contribution >= 0.6 is 0 Å². The molecule has 9 nitrogen and oxygen atoms in total. The molecule has 9 heteroatoms. The lowest BCUT2D eigenvalue weighted by molar-refractivity contribution is 0.125. The Labute approximate surface area is 215 Å². The van der Waals surface area contributed by atoms with Gasteiger partial charge in [0.15, 0.2) is 5.82 Å². The van der Waals surface area contributed by atoms with Gasteiger partial charge < -0.3 is 9.40 Å². The molecule has 190 valence electrons. The van der Waals surface area contributed by atoms with Gasteiger partial charge in [-0.3, -0.25) is 14.7 Å². The number of nitrogens with one attached hydrogen (secondary N) is 1. The van der Waals surface area contributed by atoms with Crippen LogP contribution in [0.15, 0.2) is 70.3 Å². The highest BCUT2D eigenvalue weighted by molar-refractivity contribution is 5.80. The molecule has 0 aliphatic carbocycles. The van der Waals surface area contributed by atoms with Crippen molar-refractivity contribution in [1.29, 1.82) is 0 Å². The van der Waals surface area contributed by atoms with Crippen molar-refractivity contribution < 1.29 is 4.42 Å². The predicted octanol–water partition coefficient (Wildman–Crippen LogP) is 4.57. The average Bonchev–Trinajstić information content (AvgIpc) is 3.54. The van der Waals surface area contributed by atoms with Crippen molar-refractivity contribution in [2.45, 2.75) is 53.4 Å². The summed E-state index contributed by atoms with van der Waals surface area (Å²) in [7, 11) is 0. The fraction of sp³-hybridized carbons (Fsp3) is 0.321. The first kappa shape index (κ1) is 24.6. The molecule has 1 N–H and O–H groups in total. The van der Waals surface area contributed by atoms with Crippen molar-refractivity contribution in [2.75, 3.05) is 0 Å². The van der Waals surface area contributed by atoms with Crippen LogP contribution in [0.3, 0.4) is 0 Å². The smallest absolute Gasteiger partial charge is 0.252 e. The summed E-state index contributed by atoms with van der Waals surface area (Å²) in [5, 5.41) is 13.7. The Bertz CT molecular complexity index is 1540. The molecule has 1 atom stereocenters. The van der Waals surface area contributed by atoms with Crippen LogP contribution in [0.4, 0.5) is 0 Å². The van der Waals surface area contributed by atoms with E-state index >= 15 is 0 Å². The molecule has 37 heavy (non-hydrogen) atoms. The molecule has 0 aliphatic rings. The van der Waals surface area contributed by atoms with Gasteiger partial charge in [0, 0.05) is 36.6 Å². The quantitative estimate of drug-likeness (QED) is 0.318. The Morgan fingerprint density at radius 1 is 1.08 bits per heavy atom. The second-order valence-corrected chi connectivity index (χ2v) is 9.88. The highest BCUT2D eigenvalue weighted by Crippen LogP contribution is 2.30. The van der Waals surface area contributed by atoms with Crippen LogP contribution in [0, 0.1) is 19.8 Å². The van der Waals surface area contributed by atoms with E-state index in [1.54, 1.807) is 17.1 Å². The molecule has 0 radical (unpaired) electrons. The number of pyridine rings is 2. The number of aromatic amines is 1. The van der Waals surface area contributed by atoms with Crippen molar-refractivity contribution in [3.05, 3.63) is 105 Å². The van der Waals surface area contributed by atoms with E-state index in [0.717, 1.165) is 33.6 Å². The molecule has 0 aliphatic heterocycles. The monoisotopic (exact) mass is 497 g/mol. The minimum atomic E-state index is -0.167. The van der Waals surface area contributed by atoms with Gasteiger partial charge in [0.2, 0.25) is 0 Å². The predicted molar refractivity (Wildman–Crippen MR) is 141 cm³/mol. The maximum atomic E-state index is 13.2. The molecule has 0 unspecified atom stereocenters. The van der Waals surface area contributed by atoms with Gasteiger partial charge in [-0.25, -0.2) is 4.68 Å². The Morgan fingerprint density at radius 3 is 2.65 bits per heavy atom. The minimum absolute atomic E-state index is 0.0929. The zero-order valence-electron chi connectivity index (χ0n) is 21.5. The molecule has 0 fully saturated rings. The van der Waals surface area contributed by atoms with Gasteiger partial charge in [0.1, 0.15) is 12.3 Å². The van der Waals surface area contributed by atoms with Gasteiger partial charge in [-0.05, 0) is 88.7 Å². The largest absolute Gasteiger partial charge is 0.467 e. The molecule has 4 aromatic heterocycles. The summed E-state index contributed by atoms with van der Waals surface area (Å²) in [4.78, 5) is 22.9. The third-order valence-electron chi connectivity index (χ3n) is 6.75. The Hall–Kier alpha value is -4.11. The van der Waals surface area contributed by atoms with Crippen molar-refractivity contribution in [2.24, 2.45) is 5.92 Å². The standard InChI is InChI=1S/C28H31N7O2/c1-18(2)26(27-31-32-33-35(27)17-24-8-6-10-37-24)34(15-21-7-5-9-29-14-21)16-23-13-22-11-19(3)20(4)12-25(22)30-28(23)36/h5-14,18,26H,15-17H2,1-4H3,(H,30,36)/t26-/m1/s1. The maximum Gasteiger partial charge on any atom is 0.252 e. The Morgan fingerprint density at radius 2 is 1.92 bits per heavy atom. The number of hydrogen-bond donors (Lipinski definition) is 1. The van der Waals surface area contributed by atoms with E-state index < -0.39 is 0 Å². The number of fused-ring (bicyclic) bond motifs is 1. The zero-order chi connectivity index (χ0) is 25.9. The Kier molecular flexibility index (Phi) is 6.96. The zero-order valence-corrected chi connectivity index (χ0v) is 21.5. The van der Waals surface area contributed by atoms with Gasteiger partial charge in [-0.15, -0.1) is 5.10 Å². The fourth-order valence-corrected chi connectivity index (χ4v) is 4.81. The number of furan rings is 1. The lowest BCUT2D eigenvalue weighted by Crippen LogP contribution is -2.35. The summed E-state index contributed by atoms with van der Waals surface area (Å²) in [5.74, 6) is 1.65. The van der Waals surface area contributed by atoms with E-state index in [1.165, 1.54) is 5.56 Å². The second-order valence-electron chi connectivity index (χ2n) is 9.88. The van der Waals surface area contributed by atoms with Crippen LogP contribution in [0.25, 0.3) is 10.9 Å². The number of aromatic nitrogens is 6. The highest BCUT2D eigenvalue weighted by Gasteiger charge is 2.30. The summed E-state index contributed by atoms with van der Waals surface area (Å²) >= 11 is 0. The van der Waals surface area contributed by atoms with Gasteiger partial charge in [-0.1, -0.05) is 19.9 Å². The van der Waals surface area contributed by atoms with Gasteiger partial charge in [0.25, 0.3) is 5.56 Å². The number of benzene rings is 1. The third kappa shape index (κ3) is 5.36. The first-order chi connectivity index (χ1) is 17.9. The van der Waals surface area contributed by atoms with E-state index in [9.17, 15) is 4.79 Å². The van der Waals surface area contributed by atoms with Crippen LogP contribution in [0.1, 0.15) is 53.7 Å². The number of aryl methyl sites for hydroxylation is 2. The minimum Gasteiger partial charge on any atom is -0.467 e. The molecule has 0 saturated heterocycles. The molecule has 0 bridgehead atoms. The lowest BCUT2D eigenvalue weighted by atomic mass is 9.99. The Balaban J connectivity index is 1.56. The van der Waals surface area contributed by atoms with Crippen molar-refractivity contribution in [1.82, 2.24) is 35.1 Å². The van der Waals surface area contributed by atoms with Crippen LogP contribution < -0.4 is 5.56 Å². The van der Waals surface area contributed by atoms with Gasteiger partial charge in [0.05, 0.1) is 12.3 Å². The molecule has 4 heterocycles. The van der Waals surface area contributed by atoms with E-state index in [-0.39, 0.29) is 17.5 Å². The topological polar surface area (TPSA) is 106 Å². The molecule has 1 aromatic carbocycles. The van der Waals surface area contributed by atoms with E-state index in [4.69, 9.17) is 4.42 Å². The van der Waals surface area contributed by atoms with Gasteiger partial charge >= 0.3 is 0 Å². The summed E-state index contributed by atoms with van der Waals surface area (Å²) in [6, 6.07) is 13.7. The lowest BCUT2D eigenvalue weighted by Gasteiger charge is -2.33. The second kappa shape index (κ2) is 10.5. The summed E-state index contributed by atoms with van der Waals surface area (Å²) in [6.07, 6.45) is 5.26. The normalized spacial score (nSPS) is 12.6. The number of rotatable bonds is 9. The van der Waals surface area contributed by atoms with Crippen molar-refractivity contribution in [3.8, 4) is 0 Å². The third-order valence-corrected chi connectivity index (χ3v) is 6.75. The van der Waals surface area contributed by atoms with E-state index in [0.29, 0.717) is 25.2 Å². The van der Waals surface area contributed by atoms with Crippen molar-refractivity contribution in [3.63, 3.8) is 0 Å². The SMILES string of the molecule is Cc1cc2cc(CN(Cc3cccnc3)[C@@H](c3nnnn3Cc3ccco3)C(C)C)c(=O)[nH]c2cc1C. The molecule has 0 spiro atoms. The highest BCUT2D eigenvalue weighted by atomic mass is 16.3.